The summed E-state index contributed by atoms with van der Waals surface area (Å²) in [4.78, 5) is 0. The summed E-state index contributed by atoms with van der Waals surface area (Å²) >= 11 is 0. The number of benzene rings is 2. The van der Waals surface area contributed by atoms with Crippen molar-refractivity contribution in [1.29, 1.82) is 0 Å². The second-order valence-corrected chi connectivity index (χ2v) is 3.16. The van der Waals surface area contributed by atoms with Crippen molar-refractivity contribution in [1.82, 2.24) is 0 Å². The molecule has 0 heterocycles. The van der Waals surface area contributed by atoms with Gasteiger partial charge in [-0.3, -0.25) is 0 Å². The molecule has 86 valence electrons. The second-order valence-electron chi connectivity index (χ2n) is 3.16. The van der Waals surface area contributed by atoms with Crippen molar-refractivity contribution in [2.45, 2.75) is 6.92 Å². The van der Waals surface area contributed by atoms with Crippen molar-refractivity contribution < 1.29 is 26.5 Å². The number of hydrogen-bond acceptors (Lipinski definition) is 2. The van der Waals surface area contributed by atoms with Gasteiger partial charge in [0.15, 0.2) is 6.79 Å². The number of ether oxygens (including phenoxy) is 2. The smallest absolute Gasteiger partial charge is 1.00 e. The fraction of sp³-hybridized carbons (Fsp3) is 0.231. The Kier molecular flexibility index (Phi) is 8.60. The summed E-state index contributed by atoms with van der Waals surface area (Å²) in [6.45, 7) is 2.88. The van der Waals surface area contributed by atoms with Crippen LogP contribution in [0, 0.1) is 6.07 Å². The summed E-state index contributed by atoms with van der Waals surface area (Å²) in [5.41, 5.74) is 0. The van der Waals surface area contributed by atoms with E-state index in [2.05, 4.69) is 12.1 Å². The molecular weight excluding hydrogens is 292 g/mol. The third-order valence-corrected chi connectivity index (χ3v) is 2.13. The van der Waals surface area contributed by atoms with Crippen molar-refractivity contribution in [3.05, 3.63) is 42.5 Å². The topological polar surface area (TPSA) is 18.5 Å². The molecule has 4 heteroatoms. The quantitative estimate of drug-likeness (QED) is 0.332. The molecule has 2 aromatic carbocycles. The maximum Gasteiger partial charge on any atom is 2.00 e. The van der Waals surface area contributed by atoms with Crippen LogP contribution >= 0.6 is 0 Å². The van der Waals surface area contributed by atoms with Crippen LogP contribution in [0.25, 0.3) is 10.8 Å². The molecule has 0 aromatic heterocycles. The van der Waals surface area contributed by atoms with E-state index < -0.39 is 0 Å². The van der Waals surface area contributed by atoms with Gasteiger partial charge in [-0.1, -0.05) is 18.2 Å². The van der Waals surface area contributed by atoms with Crippen molar-refractivity contribution in [3.8, 4) is 5.75 Å². The number of rotatable bonds is 4. The van der Waals surface area contributed by atoms with Crippen LogP contribution < -0.4 is 21.7 Å². The van der Waals surface area contributed by atoms with E-state index in [-0.39, 0.29) is 46.8 Å². The van der Waals surface area contributed by atoms with Crippen LogP contribution in [0.5, 0.6) is 5.75 Å². The summed E-state index contributed by atoms with van der Waals surface area (Å²) in [7, 11) is 0. The average Bonchev–Trinajstić information content (AvgIpc) is 2.29. The van der Waals surface area contributed by atoms with E-state index in [1.165, 1.54) is 5.39 Å². The fourth-order valence-electron chi connectivity index (χ4n) is 1.37. The van der Waals surface area contributed by atoms with Crippen LogP contribution in [-0.2, 0) is 4.74 Å². The van der Waals surface area contributed by atoms with E-state index in [1.807, 2.05) is 37.3 Å². The number of hydrogen-bond donors (Lipinski definition) is 0. The minimum atomic E-state index is 0. The Morgan fingerprint density at radius 2 is 1.88 bits per heavy atom. The first-order valence-electron chi connectivity index (χ1n) is 5.02. The predicted molar refractivity (Wildman–Crippen MR) is 65.7 cm³/mol. The van der Waals surface area contributed by atoms with Gasteiger partial charge in [0.1, 0.15) is 0 Å². The predicted octanol–water partition coefficient (Wildman–Crippen LogP) is -0.364. The van der Waals surface area contributed by atoms with Crippen LogP contribution in [0.1, 0.15) is 6.92 Å². The zero-order chi connectivity index (χ0) is 10.5. The molecule has 2 rings (SSSR count). The number of fused-ring (bicyclic) bond motifs is 1. The standard InChI is InChI=1S/C13H13O2.BrH.Mg/c1-2-14-10-15-13-8-7-11-5-3-4-6-12(11)9-13;;/h3-8H,2,10H2,1H3;1H;/q-1;;+2/p-1. The first-order chi connectivity index (χ1) is 7.40. The Morgan fingerprint density at radius 3 is 2.65 bits per heavy atom. The van der Waals surface area contributed by atoms with Crippen LogP contribution in [-0.4, -0.2) is 36.5 Å². The molecule has 0 aliphatic carbocycles. The second kappa shape index (κ2) is 8.75. The molecule has 0 spiro atoms. The van der Waals surface area contributed by atoms with Crippen molar-refractivity contribution in [3.63, 3.8) is 0 Å². The molecule has 0 aliphatic rings. The van der Waals surface area contributed by atoms with Crippen molar-refractivity contribution >= 4 is 33.8 Å². The SMILES string of the molecule is CCOCOc1[c-]c2ccccc2cc1.[Br-].[Mg+2]. The molecule has 0 amide bonds. The van der Waals surface area contributed by atoms with Crippen molar-refractivity contribution in [2.75, 3.05) is 13.4 Å². The summed E-state index contributed by atoms with van der Waals surface area (Å²) in [5, 5.41) is 2.23. The Balaban J connectivity index is 0.00000128. The molecule has 0 fully saturated rings. The summed E-state index contributed by atoms with van der Waals surface area (Å²) in [5.74, 6) is 0.724. The summed E-state index contributed by atoms with van der Waals surface area (Å²) in [6, 6.07) is 15.2. The monoisotopic (exact) mass is 304 g/mol. The molecule has 17 heavy (non-hydrogen) atoms. The minimum Gasteiger partial charge on any atom is -1.00 e. The van der Waals surface area contributed by atoms with E-state index in [0.717, 1.165) is 11.1 Å². The van der Waals surface area contributed by atoms with E-state index in [0.29, 0.717) is 6.61 Å². The Bertz CT molecular complexity index is 448. The molecular formula is C13H13BrMgO2. The van der Waals surface area contributed by atoms with Crippen LogP contribution in [0.4, 0.5) is 0 Å². The zero-order valence-corrected chi connectivity index (χ0v) is 12.8. The Labute approximate surface area is 128 Å². The van der Waals surface area contributed by atoms with E-state index in [9.17, 15) is 0 Å². The molecule has 0 radical (unpaired) electrons. The molecule has 0 bridgehead atoms. The van der Waals surface area contributed by atoms with Crippen LogP contribution in [0.15, 0.2) is 36.4 Å². The van der Waals surface area contributed by atoms with Crippen molar-refractivity contribution in [2.24, 2.45) is 0 Å². The molecule has 2 nitrogen and oxygen atoms in total. The van der Waals surface area contributed by atoms with E-state index in [4.69, 9.17) is 9.47 Å². The average molecular weight is 305 g/mol. The van der Waals surface area contributed by atoms with Gasteiger partial charge >= 0.3 is 23.1 Å². The maximum atomic E-state index is 5.38. The van der Waals surface area contributed by atoms with Crippen LogP contribution in [0.3, 0.4) is 0 Å². The fourth-order valence-corrected chi connectivity index (χ4v) is 1.37. The minimum absolute atomic E-state index is 0. The molecule has 0 N–H and O–H groups in total. The zero-order valence-electron chi connectivity index (χ0n) is 9.78. The molecule has 0 unspecified atom stereocenters. The Hall–Kier alpha value is -0.294. The molecule has 0 saturated heterocycles. The van der Waals surface area contributed by atoms with Gasteiger partial charge in [0.05, 0.1) is 0 Å². The summed E-state index contributed by atoms with van der Waals surface area (Å²) in [6.07, 6.45) is 0. The molecule has 0 aliphatic heterocycles. The first kappa shape index (κ1) is 16.7. The van der Waals surface area contributed by atoms with Gasteiger partial charge in [-0.05, 0) is 6.92 Å². The Morgan fingerprint density at radius 1 is 1.12 bits per heavy atom. The molecule has 0 atom stereocenters. The third kappa shape index (κ3) is 4.83. The van der Waals surface area contributed by atoms with E-state index >= 15 is 0 Å². The third-order valence-electron chi connectivity index (χ3n) is 2.13. The largest absolute Gasteiger partial charge is 2.00 e. The van der Waals surface area contributed by atoms with Gasteiger partial charge in [0.25, 0.3) is 0 Å². The summed E-state index contributed by atoms with van der Waals surface area (Å²) < 4.78 is 10.5. The van der Waals surface area contributed by atoms with Gasteiger partial charge in [-0.2, -0.15) is 0 Å². The van der Waals surface area contributed by atoms with Gasteiger partial charge in [0.2, 0.25) is 0 Å². The normalized spacial score (nSPS) is 9.24. The van der Waals surface area contributed by atoms with E-state index in [1.54, 1.807) is 0 Å². The van der Waals surface area contributed by atoms with Crippen LogP contribution in [0.2, 0.25) is 0 Å². The maximum absolute atomic E-state index is 5.38. The first-order valence-corrected chi connectivity index (χ1v) is 5.02. The van der Waals surface area contributed by atoms with Gasteiger partial charge in [0, 0.05) is 12.4 Å². The van der Waals surface area contributed by atoms with Gasteiger partial charge in [-0.25, -0.2) is 0 Å². The number of halogens is 1. The molecule has 2 aromatic rings. The van der Waals surface area contributed by atoms with Gasteiger partial charge < -0.3 is 26.5 Å². The van der Waals surface area contributed by atoms with Gasteiger partial charge in [-0.15, -0.1) is 35.0 Å². The molecule has 0 saturated carbocycles.